The molecule has 0 unspecified atom stereocenters. The van der Waals surface area contributed by atoms with E-state index in [-0.39, 0.29) is 61.5 Å². The summed E-state index contributed by atoms with van der Waals surface area (Å²) in [6.07, 6.45) is 5.02. The van der Waals surface area contributed by atoms with Crippen LogP contribution in [0.2, 0.25) is 0 Å². The van der Waals surface area contributed by atoms with Crippen molar-refractivity contribution < 1.29 is 38.9 Å². The van der Waals surface area contributed by atoms with Gasteiger partial charge in [0.25, 0.3) is 0 Å². The predicted molar refractivity (Wildman–Crippen MR) is 132 cm³/mol. The highest BCUT2D eigenvalue weighted by Crippen LogP contribution is 2.26. The highest BCUT2D eigenvalue weighted by Gasteiger charge is 2.33. The number of rotatable bonds is 7. The Balaban J connectivity index is 2.14. The first-order valence-corrected chi connectivity index (χ1v) is 12.8. The van der Waals surface area contributed by atoms with Crippen LogP contribution in [0.5, 0.6) is 0 Å². The lowest BCUT2D eigenvalue weighted by Crippen LogP contribution is -2.40. The van der Waals surface area contributed by atoms with Crippen LogP contribution < -0.4 is 5.32 Å². The smallest absolute Gasteiger partial charge is 0.306 e. The molecule has 2 aliphatic rings. The maximum atomic E-state index is 13.1. The van der Waals surface area contributed by atoms with Gasteiger partial charge >= 0.3 is 5.97 Å². The third-order valence-corrected chi connectivity index (χ3v) is 6.94. The van der Waals surface area contributed by atoms with Gasteiger partial charge in [0.15, 0.2) is 0 Å². The topological polar surface area (TPSA) is 139 Å². The molecule has 6 atom stereocenters. The largest absolute Gasteiger partial charge is 0.457 e. The van der Waals surface area contributed by atoms with Crippen LogP contribution in [0.15, 0.2) is 23.8 Å². The molecule has 9 heteroatoms. The van der Waals surface area contributed by atoms with Gasteiger partial charge in [0.2, 0.25) is 11.8 Å². The average molecular weight is 508 g/mol. The number of aliphatic hydroxyl groups excluding tert-OH is 2. The summed E-state index contributed by atoms with van der Waals surface area (Å²) in [5.41, 5.74) is 0.635. The van der Waals surface area contributed by atoms with E-state index in [2.05, 4.69) is 5.32 Å². The number of amides is 2. The summed E-state index contributed by atoms with van der Waals surface area (Å²) in [5.74, 6) is -2.83. The first kappa shape index (κ1) is 29.9. The SMILES string of the molecule is CO[C@H]1C=CCCCCC(=O)O[C@H]([C@H](C)C(=O)C[C@@H](O)CC2CC(=O)NC(=O)C2)C(C)=C[C@@H](C)[C@@H]1O. The Morgan fingerprint density at radius 1 is 1.22 bits per heavy atom. The Labute approximate surface area is 213 Å². The predicted octanol–water partition coefficient (Wildman–Crippen LogP) is 2.39. The van der Waals surface area contributed by atoms with Crippen LogP contribution in [0, 0.1) is 17.8 Å². The van der Waals surface area contributed by atoms with E-state index in [1.807, 2.05) is 19.1 Å². The Morgan fingerprint density at radius 2 is 1.89 bits per heavy atom. The molecule has 2 amide bonds. The number of aliphatic hydroxyl groups is 2. The van der Waals surface area contributed by atoms with Crippen LogP contribution in [-0.4, -0.2) is 65.3 Å². The lowest BCUT2D eigenvalue weighted by molar-refractivity contribution is -0.151. The minimum absolute atomic E-state index is 0.131. The van der Waals surface area contributed by atoms with Gasteiger partial charge in [0, 0.05) is 38.7 Å². The van der Waals surface area contributed by atoms with Gasteiger partial charge < -0.3 is 19.7 Å². The Hall–Kier alpha value is -2.36. The standard InChI is InChI=1S/C27H41NO8/c1-16-11-17(2)27(36-25(33)10-8-6-5-7-9-22(35-4)26(16)34)18(3)21(30)15-20(29)12-19-13-23(31)28-24(32)14-19/h7,9,11,16,18-20,22,26-27,29,34H,5-6,8,10,12-15H2,1-4H3,(H,28,31,32)/t16-,18-,20+,22+,26+,27+/m1/s1. The molecule has 1 fully saturated rings. The van der Waals surface area contributed by atoms with Gasteiger partial charge in [-0.3, -0.25) is 24.5 Å². The summed E-state index contributed by atoms with van der Waals surface area (Å²) in [6, 6.07) is 0. The zero-order valence-corrected chi connectivity index (χ0v) is 21.8. The van der Waals surface area contributed by atoms with Gasteiger partial charge in [-0.05, 0) is 44.1 Å². The molecule has 0 bridgehead atoms. The van der Waals surface area contributed by atoms with Crippen molar-refractivity contribution in [1.29, 1.82) is 0 Å². The number of allylic oxidation sites excluding steroid dienone is 1. The summed E-state index contributed by atoms with van der Waals surface area (Å²) in [4.78, 5) is 48.8. The molecule has 9 nitrogen and oxygen atoms in total. The minimum Gasteiger partial charge on any atom is -0.457 e. The molecular formula is C27H41NO8. The van der Waals surface area contributed by atoms with Crippen LogP contribution >= 0.6 is 0 Å². The first-order chi connectivity index (χ1) is 17.0. The normalized spacial score (nSPS) is 28.9. The monoisotopic (exact) mass is 507 g/mol. The summed E-state index contributed by atoms with van der Waals surface area (Å²) < 4.78 is 11.2. The molecule has 3 N–H and O–H groups in total. The van der Waals surface area contributed by atoms with E-state index in [4.69, 9.17) is 9.47 Å². The van der Waals surface area contributed by atoms with Crippen LogP contribution in [-0.2, 0) is 28.7 Å². The highest BCUT2D eigenvalue weighted by atomic mass is 16.5. The van der Waals surface area contributed by atoms with Gasteiger partial charge in [-0.2, -0.15) is 0 Å². The number of methoxy groups -OCH3 is 1. The lowest BCUT2D eigenvalue weighted by atomic mass is 9.85. The maximum absolute atomic E-state index is 13.1. The number of hydrogen-bond donors (Lipinski definition) is 3. The van der Waals surface area contributed by atoms with Crippen molar-refractivity contribution in [2.75, 3.05) is 7.11 Å². The third-order valence-electron chi connectivity index (χ3n) is 6.94. The summed E-state index contributed by atoms with van der Waals surface area (Å²) in [6.45, 7) is 5.25. The quantitative estimate of drug-likeness (QED) is 0.271. The van der Waals surface area contributed by atoms with E-state index in [0.717, 1.165) is 12.8 Å². The van der Waals surface area contributed by atoms with Crippen molar-refractivity contribution >= 4 is 23.6 Å². The molecule has 1 saturated heterocycles. The van der Waals surface area contributed by atoms with E-state index >= 15 is 0 Å². The number of Topliss-reactive ketones (excluding diaryl/α,β-unsaturated/α-hetero) is 1. The molecule has 2 heterocycles. The number of ether oxygens (including phenoxy) is 2. The second kappa shape index (κ2) is 14.4. The number of nitrogens with one attached hydrogen (secondary N) is 1. The Kier molecular flexibility index (Phi) is 11.9. The van der Waals surface area contributed by atoms with E-state index < -0.39 is 36.3 Å². The molecule has 0 aromatic carbocycles. The van der Waals surface area contributed by atoms with E-state index in [0.29, 0.717) is 12.0 Å². The summed E-state index contributed by atoms with van der Waals surface area (Å²) in [7, 11) is 1.54. The van der Waals surface area contributed by atoms with Crippen LogP contribution in [0.1, 0.15) is 72.1 Å². The van der Waals surface area contributed by atoms with Gasteiger partial charge in [-0.1, -0.05) is 32.1 Å². The van der Waals surface area contributed by atoms with Crippen molar-refractivity contribution in [3.8, 4) is 0 Å². The van der Waals surface area contributed by atoms with Crippen molar-refractivity contribution in [1.82, 2.24) is 5.32 Å². The fourth-order valence-electron chi connectivity index (χ4n) is 4.87. The zero-order valence-electron chi connectivity index (χ0n) is 21.8. The molecule has 0 radical (unpaired) electrons. The van der Waals surface area contributed by atoms with Gasteiger partial charge in [0.05, 0.1) is 18.1 Å². The number of piperidine rings is 1. The molecule has 202 valence electrons. The highest BCUT2D eigenvalue weighted by molar-refractivity contribution is 5.97. The first-order valence-electron chi connectivity index (χ1n) is 12.8. The molecule has 0 aromatic heterocycles. The molecule has 2 rings (SSSR count). The Morgan fingerprint density at radius 3 is 2.53 bits per heavy atom. The number of carbonyl (C=O) groups is 4. The number of esters is 1. The average Bonchev–Trinajstić information content (AvgIpc) is 2.79. The van der Waals surface area contributed by atoms with Crippen LogP contribution in [0.4, 0.5) is 0 Å². The number of hydrogen-bond acceptors (Lipinski definition) is 8. The molecule has 36 heavy (non-hydrogen) atoms. The Bertz CT molecular complexity index is 835. The van der Waals surface area contributed by atoms with E-state index in [1.165, 1.54) is 7.11 Å². The molecular weight excluding hydrogens is 466 g/mol. The molecule has 2 aliphatic heterocycles. The fraction of sp³-hybridized carbons (Fsp3) is 0.704. The molecule has 0 aliphatic carbocycles. The van der Waals surface area contributed by atoms with Gasteiger partial charge in [-0.15, -0.1) is 0 Å². The lowest BCUT2D eigenvalue weighted by Gasteiger charge is -2.28. The molecule has 0 aromatic rings. The van der Waals surface area contributed by atoms with Crippen molar-refractivity contribution in [3.63, 3.8) is 0 Å². The fourth-order valence-corrected chi connectivity index (χ4v) is 4.87. The van der Waals surface area contributed by atoms with E-state index in [9.17, 15) is 29.4 Å². The van der Waals surface area contributed by atoms with Crippen molar-refractivity contribution in [3.05, 3.63) is 23.8 Å². The third kappa shape index (κ3) is 9.26. The van der Waals surface area contributed by atoms with Crippen molar-refractivity contribution in [2.24, 2.45) is 17.8 Å². The molecule has 0 spiro atoms. The number of carbonyl (C=O) groups excluding carboxylic acids is 4. The number of cyclic esters (lactones) is 1. The summed E-state index contributed by atoms with van der Waals surface area (Å²) >= 11 is 0. The van der Waals surface area contributed by atoms with Crippen LogP contribution in [0.3, 0.4) is 0 Å². The minimum atomic E-state index is -1.02. The second-order valence-corrected chi connectivity index (χ2v) is 10.1. The maximum Gasteiger partial charge on any atom is 0.306 e. The second-order valence-electron chi connectivity index (χ2n) is 10.1. The van der Waals surface area contributed by atoms with E-state index in [1.54, 1.807) is 19.9 Å². The van der Waals surface area contributed by atoms with Gasteiger partial charge in [0.1, 0.15) is 18.0 Å². The number of ketones is 1. The van der Waals surface area contributed by atoms with Gasteiger partial charge in [-0.25, -0.2) is 0 Å². The van der Waals surface area contributed by atoms with Crippen LogP contribution in [0.25, 0.3) is 0 Å². The number of imide groups is 1. The molecule has 0 saturated carbocycles. The summed E-state index contributed by atoms with van der Waals surface area (Å²) in [5, 5.41) is 23.5. The zero-order chi connectivity index (χ0) is 26.8. The van der Waals surface area contributed by atoms with Crippen molar-refractivity contribution in [2.45, 2.75) is 96.6 Å².